The molecule has 0 spiro atoms. The Bertz CT molecular complexity index is 132. The van der Waals surface area contributed by atoms with Crippen LogP contribution in [0.15, 0.2) is 12.7 Å². The van der Waals surface area contributed by atoms with E-state index in [4.69, 9.17) is 11.1 Å². The first-order valence-electron chi connectivity index (χ1n) is 3.72. The van der Waals surface area contributed by atoms with Crippen LogP contribution in [-0.2, 0) is 0 Å². The molecule has 0 aromatic carbocycles. The van der Waals surface area contributed by atoms with E-state index in [0.29, 0.717) is 6.04 Å². The molecule has 0 aromatic rings. The van der Waals surface area contributed by atoms with Gasteiger partial charge in [-0.25, -0.2) is 13.2 Å². The van der Waals surface area contributed by atoms with Gasteiger partial charge in [0, 0.05) is 0 Å². The van der Waals surface area contributed by atoms with Crippen LogP contribution in [0.1, 0.15) is 6.42 Å². The zero-order chi connectivity index (χ0) is 9.56. The summed E-state index contributed by atoms with van der Waals surface area (Å²) in [6.07, 6.45) is -3.57. The monoisotopic (exact) mass is 216 g/mol. The molecule has 5 heteroatoms. The van der Waals surface area contributed by atoms with Crippen molar-refractivity contribution in [1.29, 1.82) is 0 Å². The Morgan fingerprint density at radius 2 is 2.00 bits per heavy atom. The van der Waals surface area contributed by atoms with Crippen LogP contribution in [0.3, 0.4) is 0 Å². The van der Waals surface area contributed by atoms with Gasteiger partial charge in [0.1, 0.15) is 8.83 Å². The Labute approximate surface area is 77.3 Å². The lowest BCUT2D eigenvalue weighted by Gasteiger charge is -2.13. The van der Waals surface area contributed by atoms with Crippen molar-refractivity contribution in [3.63, 3.8) is 0 Å². The number of hydrogen-bond donors (Lipinski definition) is 0. The van der Waals surface area contributed by atoms with E-state index in [1.807, 2.05) is 0 Å². The van der Waals surface area contributed by atoms with Gasteiger partial charge in [-0.1, -0.05) is 6.08 Å². The van der Waals surface area contributed by atoms with Crippen LogP contribution in [0.4, 0.5) is 13.2 Å². The minimum absolute atomic E-state index is 0.152. The van der Waals surface area contributed by atoms with Crippen LogP contribution in [0.5, 0.6) is 0 Å². The summed E-state index contributed by atoms with van der Waals surface area (Å²) in [5.41, 5.74) is 0. The van der Waals surface area contributed by atoms with Crippen molar-refractivity contribution in [2.45, 2.75) is 25.1 Å². The molecule has 0 radical (unpaired) electrons. The second kappa shape index (κ2) is 6.54. The number of halogens is 4. The highest BCUT2D eigenvalue weighted by Gasteiger charge is 2.22. The molecule has 0 rings (SSSR count). The fraction of sp³-hybridized carbons (Fsp3) is 0.714. The van der Waals surface area contributed by atoms with Crippen molar-refractivity contribution in [2.75, 3.05) is 0 Å². The molecule has 0 aromatic heterocycles. The SMILES string of the molecule is C=CC(C[SiH2]Cl)CC(F)C(F)F. The molecule has 0 N–H and O–H groups in total. The Morgan fingerprint density at radius 3 is 2.33 bits per heavy atom. The average Bonchev–Trinajstić information content (AvgIpc) is 2.03. The average molecular weight is 217 g/mol. The maximum Gasteiger partial charge on any atom is 0.269 e. The first-order chi connectivity index (χ1) is 5.61. The van der Waals surface area contributed by atoms with Gasteiger partial charge in [-0.05, 0) is 18.4 Å². The predicted octanol–water partition coefficient (Wildman–Crippen LogP) is 2.52. The zero-order valence-corrected chi connectivity index (χ0v) is 8.82. The summed E-state index contributed by atoms with van der Waals surface area (Å²) in [4.78, 5) is 0. The van der Waals surface area contributed by atoms with Crippen LogP contribution in [0.2, 0.25) is 6.04 Å². The van der Waals surface area contributed by atoms with Crippen molar-refractivity contribution in [2.24, 2.45) is 5.92 Å². The molecule has 0 saturated heterocycles. The summed E-state index contributed by atoms with van der Waals surface area (Å²) in [6, 6.07) is 0.637. The van der Waals surface area contributed by atoms with Crippen LogP contribution in [-0.4, -0.2) is 21.4 Å². The molecule has 0 saturated carbocycles. The summed E-state index contributed by atoms with van der Waals surface area (Å²) in [7, 11) is -0.723. The van der Waals surface area contributed by atoms with Crippen molar-refractivity contribution in [3.8, 4) is 0 Å². The quantitative estimate of drug-likeness (QED) is 0.364. The van der Waals surface area contributed by atoms with Crippen molar-refractivity contribution >= 4 is 19.9 Å². The van der Waals surface area contributed by atoms with Crippen molar-refractivity contribution in [1.82, 2.24) is 0 Å². The van der Waals surface area contributed by atoms with Gasteiger partial charge in [0.25, 0.3) is 6.43 Å². The number of allylic oxidation sites excluding steroid dienone is 1. The summed E-state index contributed by atoms with van der Waals surface area (Å²) in [5.74, 6) is -0.182. The third kappa shape index (κ3) is 4.82. The van der Waals surface area contributed by atoms with Crippen LogP contribution >= 0.6 is 11.1 Å². The van der Waals surface area contributed by atoms with Gasteiger partial charge in [-0.2, -0.15) is 11.1 Å². The van der Waals surface area contributed by atoms with Gasteiger partial charge in [0.05, 0.1) is 0 Å². The molecule has 0 nitrogen and oxygen atoms in total. The fourth-order valence-electron chi connectivity index (χ4n) is 0.864. The largest absolute Gasteiger partial charge is 0.269 e. The number of alkyl halides is 3. The molecule has 0 amide bonds. The van der Waals surface area contributed by atoms with Crippen molar-refractivity contribution < 1.29 is 13.2 Å². The second-order valence-corrected chi connectivity index (χ2v) is 4.65. The predicted molar refractivity (Wildman–Crippen MR) is 48.4 cm³/mol. The first kappa shape index (κ1) is 12.0. The Balaban J connectivity index is 3.76. The second-order valence-electron chi connectivity index (χ2n) is 2.56. The Kier molecular flexibility index (Phi) is 6.56. The van der Waals surface area contributed by atoms with E-state index in [0.717, 1.165) is 0 Å². The maximum atomic E-state index is 12.5. The lowest BCUT2D eigenvalue weighted by atomic mass is 10.1. The molecular formula is C7H12ClF3Si. The molecule has 0 aliphatic heterocycles. The fourth-order valence-corrected chi connectivity index (χ4v) is 2.46. The minimum atomic E-state index is -2.88. The maximum absolute atomic E-state index is 12.5. The molecule has 0 aliphatic carbocycles. The van der Waals surface area contributed by atoms with E-state index >= 15 is 0 Å². The highest BCUT2D eigenvalue weighted by atomic mass is 35.6. The number of hydrogen-bond acceptors (Lipinski definition) is 0. The van der Waals surface area contributed by atoms with Gasteiger partial charge >= 0.3 is 0 Å². The molecular weight excluding hydrogens is 205 g/mol. The zero-order valence-electron chi connectivity index (χ0n) is 6.65. The standard InChI is InChI=1S/C7H12ClF3Si/c1-2-5(4-12-8)3-6(9)7(10)11/h2,5-7H,1,3-4,12H2. The van der Waals surface area contributed by atoms with Gasteiger partial charge in [-0.3, -0.25) is 0 Å². The van der Waals surface area contributed by atoms with Gasteiger partial charge < -0.3 is 0 Å². The van der Waals surface area contributed by atoms with E-state index in [-0.39, 0.29) is 12.3 Å². The van der Waals surface area contributed by atoms with E-state index in [2.05, 4.69) is 6.58 Å². The minimum Gasteiger partial charge on any atom is -0.241 e. The topological polar surface area (TPSA) is 0 Å². The van der Waals surface area contributed by atoms with Crippen molar-refractivity contribution in [3.05, 3.63) is 12.7 Å². The molecule has 0 fully saturated rings. The Morgan fingerprint density at radius 1 is 1.42 bits per heavy atom. The highest BCUT2D eigenvalue weighted by molar-refractivity contribution is 6.93. The Hall–Kier alpha value is 0.0369. The lowest BCUT2D eigenvalue weighted by molar-refractivity contribution is 0.0406. The molecule has 0 aliphatic rings. The van der Waals surface area contributed by atoms with Gasteiger partial charge in [0.15, 0.2) is 6.17 Å². The van der Waals surface area contributed by atoms with Crippen LogP contribution < -0.4 is 0 Å². The highest BCUT2D eigenvalue weighted by Crippen LogP contribution is 2.19. The van der Waals surface area contributed by atoms with Crippen LogP contribution in [0.25, 0.3) is 0 Å². The summed E-state index contributed by atoms with van der Waals surface area (Å²) >= 11 is 5.52. The molecule has 0 bridgehead atoms. The molecule has 2 unspecified atom stereocenters. The third-order valence-corrected chi connectivity index (χ3v) is 3.23. The van der Waals surface area contributed by atoms with Gasteiger partial charge in [-0.15, -0.1) is 6.58 Å². The summed E-state index contributed by atoms with van der Waals surface area (Å²) in [6.45, 7) is 3.44. The van der Waals surface area contributed by atoms with Crippen LogP contribution in [0, 0.1) is 5.92 Å². The normalized spacial score (nSPS) is 17.1. The van der Waals surface area contributed by atoms with E-state index in [9.17, 15) is 13.2 Å². The molecule has 2 atom stereocenters. The molecule has 0 heterocycles. The third-order valence-electron chi connectivity index (χ3n) is 1.61. The summed E-state index contributed by atoms with van der Waals surface area (Å²) in [5, 5.41) is 0. The van der Waals surface area contributed by atoms with E-state index < -0.39 is 21.4 Å². The molecule has 72 valence electrons. The smallest absolute Gasteiger partial charge is 0.241 e. The van der Waals surface area contributed by atoms with Gasteiger partial charge in [0.2, 0.25) is 0 Å². The molecule has 12 heavy (non-hydrogen) atoms. The lowest BCUT2D eigenvalue weighted by Crippen LogP contribution is -2.16. The van der Waals surface area contributed by atoms with E-state index in [1.54, 1.807) is 0 Å². The summed E-state index contributed by atoms with van der Waals surface area (Å²) < 4.78 is 35.9. The van der Waals surface area contributed by atoms with E-state index in [1.165, 1.54) is 6.08 Å². The first-order valence-corrected chi connectivity index (χ1v) is 6.86. The number of rotatable bonds is 6.